The number of carbonyl (C=O) groups excluding carboxylic acids is 1. The molecule has 7 heteroatoms. The Morgan fingerprint density at radius 2 is 1.96 bits per heavy atom. The fourth-order valence-corrected chi connectivity index (χ4v) is 3.11. The number of morpholine rings is 1. The van der Waals surface area contributed by atoms with E-state index in [0.717, 1.165) is 18.7 Å². The van der Waals surface area contributed by atoms with Crippen molar-refractivity contribution in [2.45, 2.75) is 32.6 Å². The minimum absolute atomic E-state index is 0.0670. The summed E-state index contributed by atoms with van der Waals surface area (Å²) in [5, 5.41) is 7.10. The number of amides is 1. The monoisotopic (exact) mass is 346 g/mol. The van der Waals surface area contributed by atoms with Gasteiger partial charge < -0.3 is 10.1 Å². The van der Waals surface area contributed by atoms with Crippen LogP contribution < -0.4 is 5.32 Å². The molecular weight excluding hydrogens is 323 g/mol. The van der Waals surface area contributed by atoms with Crippen LogP contribution in [-0.4, -0.2) is 52.4 Å². The Morgan fingerprint density at radius 1 is 1.28 bits per heavy atom. The molecule has 3 rings (SSSR count). The van der Waals surface area contributed by atoms with E-state index in [2.05, 4.69) is 15.3 Å². The van der Waals surface area contributed by atoms with Gasteiger partial charge in [0.15, 0.2) is 0 Å². The molecule has 1 N–H and O–H groups in total. The number of nitrogens with one attached hydrogen (secondary N) is 1. The van der Waals surface area contributed by atoms with Crippen molar-refractivity contribution in [1.82, 2.24) is 14.7 Å². The molecule has 1 amide bonds. The molecule has 0 aliphatic carbocycles. The van der Waals surface area contributed by atoms with E-state index in [4.69, 9.17) is 4.74 Å². The highest BCUT2D eigenvalue weighted by Crippen LogP contribution is 2.12. The maximum atomic E-state index is 12.9. The molecule has 1 aromatic heterocycles. The number of aromatic nitrogens is 2. The molecule has 2 atom stereocenters. The molecule has 1 saturated heterocycles. The van der Waals surface area contributed by atoms with Gasteiger partial charge in [0.05, 0.1) is 37.2 Å². The van der Waals surface area contributed by atoms with Crippen molar-refractivity contribution >= 4 is 11.6 Å². The van der Waals surface area contributed by atoms with E-state index in [9.17, 15) is 9.18 Å². The summed E-state index contributed by atoms with van der Waals surface area (Å²) in [5.74, 6) is -0.327. The Morgan fingerprint density at radius 3 is 2.64 bits per heavy atom. The minimum atomic E-state index is -0.260. The Hall–Kier alpha value is -2.25. The van der Waals surface area contributed by atoms with Gasteiger partial charge >= 0.3 is 0 Å². The van der Waals surface area contributed by atoms with Crippen LogP contribution in [0.2, 0.25) is 0 Å². The predicted octanol–water partition coefficient (Wildman–Crippen LogP) is 2.12. The zero-order chi connectivity index (χ0) is 17.8. The summed E-state index contributed by atoms with van der Waals surface area (Å²) >= 11 is 0. The van der Waals surface area contributed by atoms with Crippen molar-refractivity contribution in [2.75, 3.05) is 25.0 Å². The Labute approximate surface area is 146 Å². The fourth-order valence-electron chi connectivity index (χ4n) is 3.11. The Bertz CT molecular complexity index is 706. The zero-order valence-electron chi connectivity index (χ0n) is 14.5. The third-order valence-corrected chi connectivity index (χ3v) is 4.04. The Kier molecular flexibility index (Phi) is 5.45. The third kappa shape index (κ3) is 5.11. The Balaban J connectivity index is 1.52. The predicted molar refractivity (Wildman–Crippen MR) is 92.8 cm³/mol. The number of hydrogen-bond acceptors (Lipinski definition) is 4. The third-order valence-electron chi connectivity index (χ3n) is 4.04. The van der Waals surface area contributed by atoms with Crippen LogP contribution in [0.1, 0.15) is 19.4 Å². The van der Waals surface area contributed by atoms with E-state index in [0.29, 0.717) is 18.8 Å². The van der Waals surface area contributed by atoms with Crippen LogP contribution in [0.3, 0.4) is 0 Å². The first-order valence-electron chi connectivity index (χ1n) is 8.42. The maximum Gasteiger partial charge on any atom is 0.238 e. The second-order valence-corrected chi connectivity index (χ2v) is 6.55. The number of benzene rings is 1. The van der Waals surface area contributed by atoms with Crippen molar-refractivity contribution in [3.05, 3.63) is 48.0 Å². The molecular formula is C18H23FN4O2. The summed E-state index contributed by atoms with van der Waals surface area (Å²) in [6.45, 7) is 6.39. The van der Waals surface area contributed by atoms with Gasteiger partial charge in [0.2, 0.25) is 5.91 Å². The first-order valence-corrected chi connectivity index (χ1v) is 8.42. The van der Waals surface area contributed by atoms with Gasteiger partial charge in [0, 0.05) is 19.3 Å². The summed E-state index contributed by atoms with van der Waals surface area (Å²) in [4.78, 5) is 14.3. The maximum absolute atomic E-state index is 12.9. The van der Waals surface area contributed by atoms with E-state index in [1.165, 1.54) is 12.1 Å². The van der Waals surface area contributed by atoms with Crippen molar-refractivity contribution in [2.24, 2.45) is 0 Å². The molecule has 0 saturated carbocycles. The van der Waals surface area contributed by atoms with Gasteiger partial charge in [-0.05, 0) is 31.5 Å². The molecule has 0 spiro atoms. The van der Waals surface area contributed by atoms with Crippen molar-refractivity contribution < 1.29 is 13.9 Å². The molecule has 1 fully saturated rings. The van der Waals surface area contributed by atoms with E-state index in [-0.39, 0.29) is 23.9 Å². The average Bonchev–Trinajstić information content (AvgIpc) is 2.95. The lowest BCUT2D eigenvalue weighted by Crippen LogP contribution is -2.48. The van der Waals surface area contributed by atoms with Crippen LogP contribution in [0.15, 0.2) is 36.7 Å². The quantitative estimate of drug-likeness (QED) is 0.901. The van der Waals surface area contributed by atoms with Gasteiger partial charge in [-0.25, -0.2) is 4.39 Å². The number of carbonyl (C=O) groups is 1. The SMILES string of the molecule is CC1CN(CC(=O)Nc2cnn(Cc3ccc(F)cc3)c2)CC(C)O1. The summed E-state index contributed by atoms with van der Waals surface area (Å²) < 4.78 is 20.3. The van der Waals surface area contributed by atoms with Crippen LogP contribution in [0.4, 0.5) is 10.1 Å². The number of nitrogens with zero attached hydrogens (tertiary/aromatic N) is 3. The lowest BCUT2D eigenvalue weighted by Gasteiger charge is -2.34. The summed E-state index contributed by atoms with van der Waals surface area (Å²) in [6, 6.07) is 6.28. The van der Waals surface area contributed by atoms with Crippen LogP contribution in [0.5, 0.6) is 0 Å². The van der Waals surface area contributed by atoms with E-state index >= 15 is 0 Å². The van der Waals surface area contributed by atoms with Gasteiger partial charge in [0.25, 0.3) is 0 Å². The van der Waals surface area contributed by atoms with E-state index < -0.39 is 0 Å². The molecule has 134 valence electrons. The lowest BCUT2D eigenvalue weighted by atomic mass is 10.2. The lowest BCUT2D eigenvalue weighted by molar-refractivity contribution is -0.121. The highest BCUT2D eigenvalue weighted by Gasteiger charge is 2.23. The first-order chi connectivity index (χ1) is 12.0. The molecule has 0 bridgehead atoms. The first kappa shape index (κ1) is 17.6. The molecule has 2 unspecified atom stereocenters. The summed E-state index contributed by atoms with van der Waals surface area (Å²) in [6.07, 6.45) is 3.66. The average molecular weight is 346 g/mol. The molecule has 1 aliphatic heterocycles. The normalized spacial score (nSPS) is 21.2. The summed E-state index contributed by atoms with van der Waals surface area (Å²) in [7, 11) is 0. The molecule has 1 aromatic carbocycles. The highest BCUT2D eigenvalue weighted by atomic mass is 19.1. The number of halogens is 1. The second kappa shape index (κ2) is 7.76. The highest BCUT2D eigenvalue weighted by molar-refractivity contribution is 5.91. The van der Waals surface area contributed by atoms with Crippen molar-refractivity contribution in [1.29, 1.82) is 0 Å². The van der Waals surface area contributed by atoms with E-state index in [1.54, 1.807) is 29.2 Å². The summed E-state index contributed by atoms with van der Waals surface area (Å²) in [5.41, 5.74) is 1.60. The molecule has 0 radical (unpaired) electrons. The molecule has 25 heavy (non-hydrogen) atoms. The van der Waals surface area contributed by atoms with Gasteiger partial charge in [-0.3, -0.25) is 14.4 Å². The molecule has 6 nitrogen and oxygen atoms in total. The van der Waals surface area contributed by atoms with E-state index in [1.807, 2.05) is 13.8 Å². The van der Waals surface area contributed by atoms with Gasteiger partial charge in [-0.2, -0.15) is 5.10 Å². The molecule has 1 aliphatic rings. The van der Waals surface area contributed by atoms with Gasteiger partial charge in [0.1, 0.15) is 5.82 Å². The number of hydrogen-bond donors (Lipinski definition) is 1. The van der Waals surface area contributed by atoms with Gasteiger partial charge in [-0.15, -0.1) is 0 Å². The zero-order valence-corrected chi connectivity index (χ0v) is 14.5. The van der Waals surface area contributed by atoms with Crippen LogP contribution in [-0.2, 0) is 16.1 Å². The smallest absolute Gasteiger partial charge is 0.238 e. The van der Waals surface area contributed by atoms with Crippen LogP contribution in [0.25, 0.3) is 0 Å². The number of rotatable bonds is 5. The van der Waals surface area contributed by atoms with Crippen LogP contribution >= 0.6 is 0 Å². The molecule has 2 heterocycles. The van der Waals surface area contributed by atoms with Crippen molar-refractivity contribution in [3.63, 3.8) is 0 Å². The number of anilines is 1. The topological polar surface area (TPSA) is 59.4 Å². The molecule has 2 aromatic rings. The van der Waals surface area contributed by atoms with Crippen molar-refractivity contribution in [3.8, 4) is 0 Å². The van der Waals surface area contributed by atoms with Gasteiger partial charge in [-0.1, -0.05) is 12.1 Å². The van der Waals surface area contributed by atoms with Crippen LogP contribution in [0, 0.1) is 5.82 Å². The minimum Gasteiger partial charge on any atom is -0.373 e. The standard InChI is InChI=1S/C18H23FN4O2/c1-13-8-22(9-14(2)25-13)12-18(24)21-17-7-20-23(11-17)10-15-3-5-16(19)6-4-15/h3-7,11,13-14H,8-10,12H2,1-2H3,(H,21,24). The second-order valence-electron chi connectivity index (χ2n) is 6.55. The fraction of sp³-hybridized carbons (Fsp3) is 0.444. The largest absolute Gasteiger partial charge is 0.373 e. The number of ether oxygens (including phenoxy) is 1.